The van der Waals surface area contributed by atoms with Crippen LogP contribution in [0.2, 0.25) is 0 Å². The molecule has 0 unspecified atom stereocenters. The summed E-state index contributed by atoms with van der Waals surface area (Å²) in [6.45, 7) is 4.73. The summed E-state index contributed by atoms with van der Waals surface area (Å²) in [4.78, 5) is 7.51. The summed E-state index contributed by atoms with van der Waals surface area (Å²) < 4.78 is 1.23. The molecule has 11 rings (SSSR count). The van der Waals surface area contributed by atoms with Crippen LogP contribution in [0.5, 0.6) is 0 Å². The Labute approximate surface area is 324 Å². The van der Waals surface area contributed by atoms with Gasteiger partial charge in [0.25, 0.3) is 0 Å². The highest BCUT2D eigenvalue weighted by atomic mass is 32.1. The molecule has 2 nitrogen and oxygen atoms in total. The van der Waals surface area contributed by atoms with Gasteiger partial charge in [-0.05, 0) is 126 Å². The quantitative estimate of drug-likeness (QED) is 0.165. The Morgan fingerprint density at radius 2 is 1.00 bits per heavy atom. The molecule has 0 radical (unpaired) electrons. The van der Waals surface area contributed by atoms with E-state index in [1.807, 2.05) is 0 Å². The summed E-state index contributed by atoms with van der Waals surface area (Å²) in [6, 6.07) is 66.7. The maximum absolute atomic E-state index is 5.11. The molecule has 3 heteroatoms. The fraction of sp³-hybridized carbons (Fsp3) is 0.0577. The minimum Gasteiger partial charge on any atom is -0.310 e. The third-order valence-corrected chi connectivity index (χ3v) is 12.7. The van der Waals surface area contributed by atoms with Crippen molar-refractivity contribution in [1.82, 2.24) is 4.98 Å². The Hall–Kier alpha value is -6.55. The maximum Gasteiger partial charge on any atom is 0.124 e. The second-order valence-electron chi connectivity index (χ2n) is 15.2. The van der Waals surface area contributed by atoms with Gasteiger partial charge in [-0.1, -0.05) is 135 Å². The standard InChI is InChI=1S/C52H36N2S/c1-52(2)47-28-39-18-17-36-22-26-42(29-43(36)44(39)30-45(47)46-31-50-49(32-48(46)52)53-51(55-50)37-14-7-4-8-15-37)54(41-25-21-34-13-9-10-16-38(34)27-41)40-23-19-35(20-24-40)33-11-5-3-6-12-33/h3-32H,1-2H3. The molecule has 0 amide bonds. The van der Waals surface area contributed by atoms with Crippen LogP contribution >= 0.6 is 11.3 Å². The van der Waals surface area contributed by atoms with Gasteiger partial charge in [-0.25, -0.2) is 4.98 Å². The predicted octanol–water partition coefficient (Wildman–Crippen LogP) is 14.9. The van der Waals surface area contributed by atoms with E-state index < -0.39 is 0 Å². The van der Waals surface area contributed by atoms with E-state index in [-0.39, 0.29) is 5.41 Å². The maximum atomic E-state index is 5.11. The lowest BCUT2D eigenvalue weighted by Gasteiger charge is -2.27. The summed E-state index contributed by atoms with van der Waals surface area (Å²) >= 11 is 1.78. The van der Waals surface area contributed by atoms with Crippen LogP contribution in [0, 0.1) is 0 Å². The first-order valence-electron chi connectivity index (χ1n) is 18.9. The van der Waals surface area contributed by atoms with E-state index in [9.17, 15) is 0 Å². The number of thiazole rings is 1. The molecule has 0 saturated carbocycles. The van der Waals surface area contributed by atoms with Gasteiger partial charge in [-0.2, -0.15) is 0 Å². The van der Waals surface area contributed by atoms with Crippen molar-refractivity contribution in [1.29, 1.82) is 0 Å². The molecule has 0 spiro atoms. The van der Waals surface area contributed by atoms with Crippen LogP contribution in [0.4, 0.5) is 17.1 Å². The van der Waals surface area contributed by atoms with Crippen LogP contribution in [0.25, 0.3) is 75.4 Å². The number of rotatable bonds is 5. The van der Waals surface area contributed by atoms with E-state index in [4.69, 9.17) is 4.98 Å². The van der Waals surface area contributed by atoms with E-state index in [0.717, 1.165) is 27.6 Å². The average molecular weight is 721 g/mol. The third kappa shape index (κ3) is 5.19. The number of anilines is 3. The Kier molecular flexibility index (Phi) is 7.11. The van der Waals surface area contributed by atoms with Crippen molar-refractivity contribution in [2.24, 2.45) is 0 Å². The lowest BCUT2D eigenvalue weighted by Crippen LogP contribution is -2.14. The van der Waals surface area contributed by atoms with Crippen LogP contribution in [-0.2, 0) is 5.41 Å². The first-order chi connectivity index (χ1) is 27.0. The Bertz CT molecular complexity index is 3110. The minimum absolute atomic E-state index is 0.140. The second kappa shape index (κ2) is 12.2. The van der Waals surface area contributed by atoms with E-state index in [1.165, 1.54) is 76.0 Å². The molecule has 1 aliphatic rings. The monoisotopic (exact) mass is 720 g/mol. The zero-order valence-electron chi connectivity index (χ0n) is 30.6. The molecule has 260 valence electrons. The van der Waals surface area contributed by atoms with Gasteiger partial charge in [0.2, 0.25) is 0 Å². The van der Waals surface area contributed by atoms with Crippen molar-refractivity contribution >= 4 is 70.9 Å². The van der Waals surface area contributed by atoms with Crippen LogP contribution in [0.1, 0.15) is 25.0 Å². The van der Waals surface area contributed by atoms with Crippen LogP contribution in [0.3, 0.4) is 0 Å². The molecule has 0 atom stereocenters. The normalized spacial score (nSPS) is 13.1. The van der Waals surface area contributed by atoms with E-state index in [0.29, 0.717) is 0 Å². The number of benzene rings is 9. The number of fused-ring (bicyclic) bond motifs is 8. The average Bonchev–Trinajstić information content (AvgIpc) is 3.75. The number of hydrogen-bond acceptors (Lipinski definition) is 3. The highest BCUT2D eigenvalue weighted by molar-refractivity contribution is 7.21. The molecule has 10 aromatic rings. The van der Waals surface area contributed by atoms with E-state index in [2.05, 4.69) is 201 Å². The molecule has 55 heavy (non-hydrogen) atoms. The summed E-state index contributed by atoms with van der Waals surface area (Å²) in [6.07, 6.45) is 0. The number of aromatic nitrogens is 1. The van der Waals surface area contributed by atoms with Crippen LogP contribution in [0.15, 0.2) is 182 Å². The summed E-state index contributed by atoms with van der Waals surface area (Å²) in [5, 5.41) is 8.55. The number of hydrogen-bond donors (Lipinski definition) is 0. The molecule has 0 N–H and O–H groups in total. The molecule has 1 aliphatic carbocycles. The van der Waals surface area contributed by atoms with Gasteiger partial charge in [-0.15, -0.1) is 11.3 Å². The lowest BCUT2D eigenvalue weighted by atomic mass is 9.81. The van der Waals surface area contributed by atoms with Gasteiger partial charge < -0.3 is 4.90 Å². The van der Waals surface area contributed by atoms with Gasteiger partial charge in [0.15, 0.2) is 0 Å². The van der Waals surface area contributed by atoms with Crippen LogP contribution in [-0.4, -0.2) is 4.98 Å². The highest BCUT2D eigenvalue weighted by Gasteiger charge is 2.36. The van der Waals surface area contributed by atoms with Crippen molar-refractivity contribution < 1.29 is 0 Å². The molecule has 9 aromatic carbocycles. The van der Waals surface area contributed by atoms with Gasteiger partial charge in [0.05, 0.1) is 10.2 Å². The molecule has 1 aromatic heterocycles. The van der Waals surface area contributed by atoms with Gasteiger partial charge in [0.1, 0.15) is 5.01 Å². The molecule has 0 aliphatic heterocycles. The molecular weight excluding hydrogens is 685 g/mol. The van der Waals surface area contributed by atoms with Gasteiger partial charge >= 0.3 is 0 Å². The third-order valence-electron chi connectivity index (χ3n) is 11.6. The summed E-state index contributed by atoms with van der Waals surface area (Å²) in [7, 11) is 0. The fourth-order valence-electron chi connectivity index (χ4n) is 8.73. The second-order valence-corrected chi connectivity index (χ2v) is 16.3. The Morgan fingerprint density at radius 1 is 0.436 bits per heavy atom. The SMILES string of the molecule is CC1(C)c2cc3ccc4ccc(N(c5ccc(-c6ccccc6)cc5)c5ccc6ccccc6c5)cc4c3cc2-c2cc3sc(-c4ccccc4)nc3cc21. The van der Waals surface area contributed by atoms with Crippen molar-refractivity contribution in [3.63, 3.8) is 0 Å². The molecule has 1 heterocycles. The fourth-order valence-corrected chi connectivity index (χ4v) is 9.72. The molecule has 0 fully saturated rings. The van der Waals surface area contributed by atoms with Crippen molar-refractivity contribution in [2.45, 2.75) is 19.3 Å². The first-order valence-corrected chi connectivity index (χ1v) is 19.8. The summed E-state index contributed by atoms with van der Waals surface area (Å²) in [5.41, 5.74) is 13.3. The Balaban J connectivity index is 1.08. The molecule has 0 bridgehead atoms. The van der Waals surface area contributed by atoms with Gasteiger partial charge in [0, 0.05) is 28.0 Å². The predicted molar refractivity (Wildman–Crippen MR) is 235 cm³/mol. The first kappa shape index (κ1) is 31.9. The van der Waals surface area contributed by atoms with Crippen molar-refractivity contribution in [2.75, 3.05) is 4.90 Å². The molecular formula is C52H36N2S. The van der Waals surface area contributed by atoms with Crippen molar-refractivity contribution in [3.8, 4) is 32.8 Å². The smallest absolute Gasteiger partial charge is 0.124 e. The largest absolute Gasteiger partial charge is 0.310 e. The Morgan fingerprint density at radius 3 is 1.78 bits per heavy atom. The molecule has 0 saturated heterocycles. The van der Waals surface area contributed by atoms with Crippen LogP contribution < -0.4 is 4.90 Å². The minimum atomic E-state index is -0.140. The van der Waals surface area contributed by atoms with Crippen molar-refractivity contribution in [3.05, 3.63) is 193 Å². The lowest BCUT2D eigenvalue weighted by molar-refractivity contribution is 0.662. The van der Waals surface area contributed by atoms with E-state index in [1.54, 1.807) is 11.3 Å². The number of nitrogens with zero attached hydrogens (tertiary/aromatic N) is 2. The van der Waals surface area contributed by atoms with Gasteiger partial charge in [-0.3, -0.25) is 0 Å². The zero-order valence-corrected chi connectivity index (χ0v) is 31.4. The topological polar surface area (TPSA) is 16.1 Å². The summed E-state index contributed by atoms with van der Waals surface area (Å²) in [5.74, 6) is 0. The highest BCUT2D eigenvalue weighted by Crippen LogP contribution is 2.52. The van der Waals surface area contributed by atoms with E-state index >= 15 is 0 Å². The zero-order chi connectivity index (χ0) is 36.7.